The lowest BCUT2D eigenvalue weighted by molar-refractivity contribution is 0.505. The van der Waals surface area contributed by atoms with Crippen molar-refractivity contribution >= 4 is 11.0 Å². The standard InChI is InChI=1S/C14H19F2N3/c1-8(2)4-14-18-12-5-10(15)11(16)6-13(12)19(14)9(3)7-17/h5-6,8-9H,4,7,17H2,1-3H3. The highest BCUT2D eigenvalue weighted by atomic mass is 19.2. The summed E-state index contributed by atoms with van der Waals surface area (Å²) < 4.78 is 28.6. The van der Waals surface area contributed by atoms with Gasteiger partial charge in [0.2, 0.25) is 0 Å². The summed E-state index contributed by atoms with van der Waals surface area (Å²) in [5, 5.41) is 0. The SMILES string of the molecule is CC(C)Cc1nc2cc(F)c(F)cc2n1C(C)CN. The van der Waals surface area contributed by atoms with E-state index in [4.69, 9.17) is 5.73 Å². The third kappa shape index (κ3) is 2.61. The van der Waals surface area contributed by atoms with E-state index in [1.807, 2.05) is 11.5 Å². The number of hydrogen-bond donors (Lipinski definition) is 1. The van der Waals surface area contributed by atoms with Gasteiger partial charge in [-0.15, -0.1) is 0 Å². The van der Waals surface area contributed by atoms with Gasteiger partial charge in [-0.25, -0.2) is 13.8 Å². The van der Waals surface area contributed by atoms with Crippen molar-refractivity contribution in [2.45, 2.75) is 33.2 Å². The molecule has 0 saturated carbocycles. The first kappa shape index (κ1) is 13.9. The fourth-order valence-corrected chi connectivity index (χ4v) is 2.25. The summed E-state index contributed by atoms with van der Waals surface area (Å²) in [5.41, 5.74) is 6.79. The number of aromatic nitrogens is 2. The molecule has 0 saturated heterocycles. The zero-order chi connectivity index (χ0) is 14.2. The van der Waals surface area contributed by atoms with Crippen LogP contribution >= 0.6 is 0 Å². The number of rotatable bonds is 4. The minimum Gasteiger partial charge on any atom is -0.328 e. The van der Waals surface area contributed by atoms with E-state index >= 15 is 0 Å². The molecule has 19 heavy (non-hydrogen) atoms. The average molecular weight is 267 g/mol. The first-order valence-electron chi connectivity index (χ1n) is 6.50. The molecule has 1 heterocycles. The van der Waals surface area contributed by atoms with E-state index in [0.717, 1.165) is 18.3 Å². The summed E-state index contributed by atoms with van der Waals surface area (Å²) >= 11 is 0. The number of imidazole rings is 1. The van der Waals surface area contributed by atoms with Crippen LogP contribution in [0.4, 0.5) is 8.78 Å². The van der Waals surface area contributed by atoms with E-state index in [1.54, 1.807) is 0 Å². The second kappa shape index (κ2) is 5.25. The second-order valence-corrected chi connectivity index (χ2v) is 5.34. The normalized spacial score (nSPS) is 13.4. The van der Waals surface area contributed by atoms with Crippen molar-refractivity contribution in [2.24, 2.45) is 11.7 Å². The van der Waals surface area contributed by atoms with Crippen molar-refractivity contribution < 1.29 is 8.78 Å². The summed E-state index contributed by atoms with van der Waals surface area (Å²) in [4.78, 5) is 4.42. The third-order valence-corrected chi connectivity index (χ3v) is 3.18. The summed E-state index contributed by atoms with van der Waals surface area (Å²) in [6.45, 7) is 6.54. The lowest BCUT2D eigenvalue weighted by Crippen LogP contribution is -2.19. The number of halogens is 2. The van der Waals surface area contributed by atoms with E-state index in [1.165, 1.54) is 6.07 Å². The fraction of sp³-hybridized carbons (Fsp3) is 0.500. The number of nitrogens with zero attached hydrogens (tertiary/aromatic N) is 2. The molecule has 1 unspecified atom stereocenters. The molecule has 0 aliphatic rings. The van der Waals surface area contributed by atoms with E-state index < -0.39 is 11.6 Å². The Kier molecular flexibility index (Phi) is 3.85. The predicted molar refractivity (Wildman–Crippen MR) is 72.0 cm³/mol. The maximum absolute atomic E-state index is 13.4. The molecule has 0 fully saturated rings. The predicted octanol–water partition coefficient (Wildman–Crippen LogP) is 3.03. The van der Waals surface area contributed by atoms with Gasteiger partial charge in [0.05, 0.1) is 11.0 Å². The highest BCUT2D eigenvalue weighted by molar-refractivity contribution is 5.76. The van der Waals surface area contributed by atoms with Crippen molar-refractivity contribution in [3.8, 4) is 0 Å². The molecule has 2 rings (SSSR count). The molecule has 0 aliphatic carbocycles. The number of fused-ring (bicyclic) bond motifs is 1. The second-order valence-electron chi connectivity index (χ2n) is 5.34. The molecular weight excluding hydrogens is 248 g/mol. The first-order valence-corrected chi connectivity index (χ1v) is 6.50. The Morgan fingerprint density at radius 2 is 1.84 bits per heavy atom. The Labute approximate surface area is 111 Å². The molecule has 3 nitrogen and oxygen atoms in total. The summed E-state index contributed by atoms with van der Waals surface area (Å²) in [5.74, 6) is -0.481. The van der Waals surface area contributed by atoms with Gasteiger partial charge in [0.1, 0.15) is 5.82 Å². The van der Waals surface area contributed by atoms with Gasteiger partial charge in [0, 0.05) is 31.1 Å². The third-order valence-electron chi connectivity index (χ3n) is 3.18. The van der Waals surface area contributed by atoms with Crippen LogP contribution in [0.5, 0.6) is 0 Å². The summed E-state index contributed by atoms with van der Waals surface area (Å²) in [6.07, 6.45) is 0.752. The van der Waals surface area contributed by atoms with Gasteiger partial charge < -0.3 is 10.3 Å². The molecule has 0 radical (unpaired) electrons. The molecule has 5 heteroatoms. The molecule has 2 N–H and O–H groups in total. The average Bonchev–Trinajstić information content (AvgIpc) is 2.65. The number of hydrogen-bond acceptors (Lipinski definition) is 2. The van der Waals surface area contributed by atoms with Crippen LogP contribution < -0.4 is 5.73 Å². The van der Waals surface area contributed by atoms with Crippen molar-refractivity contribution in [1.82, 2.24) is 9.55 Å². The van der Waals surface area contributed by atoms with Gasteiger partial charge in [-0.2, -0.15) is 0 Å². The topological polar surface area (TPSA) is 43.8 Å². The highest BCUT2D eigenvalue weighted by Gasteiger charge is 2.18. The Hall–Kier alpha value is -1.49. The van der Waals surface area contributed by atoms with E-state index in [9.17, 15) is 8.78 Å². The Balaban J connectivity index is 2.66. The smallest absolute Gasteiger partial charge is 0.161 e. The van der Waals surface area contributed by atoms with Crippen molar-refractivity contribution in [1.29, 1.82) is 0 Å². The fourth-order valence-electron chi connectivity index (χ4n) is 2.25. The molecule has 104 valence electrons. The summed E-state index contributed by atoms with van der Waals surface area (Å²) in [7, 11) is 0. The monoisotopic (exact) mass is 267 g/mol. The molecule has 0 aliphatic heterocycles. The Morgan fingerprint density at radius 1 is 1.21 bits per heavy atom. The van der Waals surface area contributed by atoms with Crippen LogP contribution in [0.25, 0.3) is 11.0 Å². The molecule has 0 spiro atoms. The zero-order valence-electron chi connectivity index (χ0n) is 11.5. The van der Waals surface area contributed by atoms with Crippen LogP contribution in [0, 0.1) is 17.6 Å². The molecular formula is C14H19F2N3. The van der Waals surface area contributed by atoms with Gasteiger partial charge >= 0.3 is 0 Å². The molecule has 0 bridgehead atoms. The minimum atomic E-state index is -0.867. The van der Waals surface area contributed by atoms with E-state index in [-0.39, 0.29) is 6.04 Å². The Morgan fingerprint density at radius 3 is 2.42 bits per heavy atom. The molecule has 1 aromatic heterocycles. The highest BCUT2D eigenvalue weighted by Crippen LogP contribution is 2.24. The molecule has 0 amide bonds. The van der Waals surface area contributed by atoms with E-state index in [0.29, 0.717) is 23.5 Å². The lowest BCUT2D eigenvalue weighted by atomic mass is 10.1. The molecule has 1 aromatic carbocycles. The maximum atomic E-state index is 13.4. The lowest BCUT2D eigenvalue weighted by Gasteiger charge is -2.16. The van der Waals surface area contributed by atoms with Crippen LogP contribution in [-0.4, -0.2) is 16.1 Å². The van der Waals surface area contributed by atoms with Crippen LogP contribution in [0.2, 0.25) is 0 Å². The quantitative estimate of drug-likeness (QED) is 0.925. The van der Waals surface area contributed by atoms with Gasteiger partial charge in [0.25, 0.3) is 0 Å². The van der Waals surface area contributed by atoms with Crippen LogP contribution in [-0.2, 0) is 6.42 Å². The summed E-state index contributed by atoms with van der Waals surface area (Å²) in [6, 6.07) is 2.35. The van der Waals surface area contributed by atoms with Crippen LogP contribution in [0.15, 0.2) is 12.1 Å². The molecule has 2 aromatic rings. The zero-order valence-corrected chi connectivity index (χ0v) is 11.5. The van der Waals surface area contributed by atoms with Crippen LogP contribution in [0.3, 0.4) is 0 Å². The largest absolute Gasteiger partial charge is 0.328 e. The van der Waals surface area contributed by atoms with Crippen LogP contribution in [0.1, 0.15) is 32.6 Å². The van der Waals surface area contributed by atoms with Gasteiger partial charge in [-0.05, 0) is 12.8 Å². The number of benzene rings is 1. The van der Waals surface area contributed by atoms with Gasteiger partial charge in [-0.1, -0.05) is 13.8 Å². The first-order chi connectivity index (χ1) is 8.93. The van der Waals surface area contributed by atoms with Gasteiger partial charge in [-0.3, -0.25) is 0 Å². The van der Waals surface area contributed by atoms with Crippen molar-refractivity contribution in [2.75, 3.05) is 6.54 Å². The minimum absolute atomic E-state index is 0.00334. The van der Waals surface area contributed by atoms with E-state index in [2.05, 4.69) is 18.8 Å². The van der Waals surface area contributed by atoms with Crippen molar-refractivity contribution in [3.05, 3.63) is 29.6 Å². The maximum Gasteiger partial charge on any atom is 0.161 e. The Bertz CT molecular complexity index is 590. The number of nitrogens with two attached hydrogens (primary N) is 1. The van der Waals surface area contributed by atoms with Gasteiger partial charge in [0.15, 0.2) is 11.6 Å². The molecule has 1 atom stereocenters. The van der Waals surface area contributed by atoms with Crippen molar-refractivity contribution in [3.63, 3.8) is 0 Å².